The fourth-order valence-electron chi connectivity index (χ4n) is 5.87. The fourth-order valence-corrected chi connectivity index (χ4v) is 7.62. The van der Waals surface area contributed by atoms with Gasteiger partial charge >= 0.3 is 6.09 Å². The topological polar surface area (TPSA) is 66.9 Å². The van der Waals surface area contributed by atoms with Crippen molar-refractivity contribution < 1.29 is 17.9 Å². The van der Waals surface area contributed by atoms with Gasteiger partial charge in [-0.25, -0.2) is 13.2 Å². The van der Waals surface area contributed by atoms with Crippen molar-refractivity contribution in [2.75, 3.05) is 17.5 Å². The second-order valence-corrected chi connectivity index (χ2v) is 10.9. The van der Waals surface area contributed by atoms with E-state index < -0.39 is 27.6 Å². The summed E-state index contributed by atoms with van der Waals surface area (Å²) in [5, 5.41) is 0. The van der Waals surface area contributed by atoms with Crippen molar-refractivity contribution in [1.29, 1.82) is 0 Å². The Morgan fingerprint density at radius 3 is 2.64 bits per heavy atom. The molecule has 5 rings (SSSR count). The molecule has 0 spiro atoms. The summed E-state index contributed by atoms with van der Waals surface area (Å²) in [6.45, 7) is 8.28. The normalized spacial score (nSPS) is 25.7. The Morgan fingerprint density at radius 1 is 1.18 bits per heavy atom. The highest BCUT2D eigenvalue weighted by atomic mass is 32.2. The Hall–Kier alpha value is -3.06. The minimum absolute atomic E-state index is 0.123. The number of amides is 1. The number of para-hydroxylation sites is 1. The van der Waals surface area contributed by atoms with Crippen LogP contribution in [0.2, 0.25) is 0 Å². The third-order valence-corrected chi connectivity index (χ3v) is 9.21. The van der Waals surface area contributed by atoms with Crippen LogP contribution in [0, 0.1) is 6.92 Å². The summed E-state index contributed by atoms with van der Waals surface area (Å²) in [6.07, 6.45) is 4.49. The molecule has 3 atom stereocenters. The number of rotatable bonds is 4. The number of likely N-dealkylation sites (tertiary alicyclic amines) is 1. The van der Waals surface area contributed by atoms with Crippen LogP contribution in [0.5, 0.6) is 0 Å². The van der Waals surface area contributed by atoms with Crippen molar-refractivity contribution in [1.82, 2.24) is 4.90 Å². The summed E-state index contributed by atoms with van der Waals surface area (Å²) in [4.78, 5) is 14.9. The molecule has 2 aromatic rings. The van der Waals surface area contributed by atoms with Crippen LogP contribution in [0.1, 0.15) is 30.9 Å². The van der Waals surface area contributed by atoms with Gasteiger partial charge in [-0.3, -0.25) is 4.31 Å². The van der Waals surface area contributed by atoms with Crippen LogP contribution in [0.4, 0.5) is 10.5 Å². The molecule has 0 saturated carbocycles. The maximum atomic E-state index is 14.1. The van der Waals surface area contributed by atoms with E-state index in [9.17, 15) is 13.2 Å². The minimum Gasteiger partial charge on any atom is -0.445 e. The number of anilines is 1. The zero-order chi connectivity index (χ0) is 23.4. The van der Waals surface area contributed by atoms with Crippen LogP contribution in [-0.2, 0) is 20.2 Å². The largest absolute Gasteiger partial charge is 0.445 e. The van der Waals surface area contributed by atoms with Crippen LogP contribution in [0.3, 0.4) is 0 Å². The third kappa shape index (κ3) is 3.05. The minimum atomic E-state index is -3.86. The maximum absolute atomic E-state index is 14.1. The second kappa shape index (κ2) is 7.76. The van der Waals surface area contributed by atoms with Crippen molar-refractivity contribution in [2.24, 2.45) is 0 Å². The number of aryl methyl sites for hydroxylation is 1. The zero-order valence-electron chi connectivity index (χ0n) is 18.9. The first-order valence-electron chi connectivity index (χ1n) is 11.2. The first-order chi connectivity index (χ1) is 15.8. The molecule has 2 aromatic carbocycles. The molecule has 33 heavy (non-hydrogen) atoms. The first kappa shape index (κ1) is 21.8. The van der Waals surface area contributed by atoms with Crippen molar-refractivity contribution in [2.45, 2.75) is 49.1 Å². The van der Waals surface area contributed by atoms with Crippen molar-refractivity contribution in [3.8, 4) is 0 Å². The molecule has 0 radical (unpaired) electrons. The van der Waals surface area contributed by atoms with Crippen LogP contribution >= 0.6 is 0 Å². The van der Waals surface area contributed by atoms with E-state index in [1.807, 2.05) is 43.3 Å². The molecule has 3 aliphatic rings. The zero-order valence-corrected chi connectivity index (χ0v) is 19.7. The van der Waals surface area contributed by atoms with Gasteiger partial charge < -0.3 is 9.64 Å². The van der Waals surface area contributed by atoms with Gasteiger partial charge in [0.25, 0.3) is 10.0 Å². The number of hydrogen-bond donors (Lipinski definition) is 0. The number of hydrogen-bond acceptors (Lipinski definition) is 4. The Labute approximate surface area is 195 Å². The maximum Gasteiger partial charge on any atom is 0.410 e. The number of piperidine rings is 1. The van der Waals surface area contributed by atoms with Gasteiger partial charge in [0.05, 0.1) is 22.7 Å². The number of carbonyl (C=O) groups excluding carboxylic acids is 1. The van der Waals surface area contributed by atoms with Crippen molar-refractivity contribution in [3.05, 3.63) is 84.0 Å². The monoisotopic (exact) mass is 464 g/mol. The molecule has 0 N–H and O–H groups in total. The molecule has 6 nitrogen and oxygen atoms in total. The van der Waals surface area contributed by atoms with Gasteiger partial charge in [0.15, 0.2) is 0 Å². The lowest BCUT2D eigenvalue weighted by Gasteiger charge is -2.54. The number of sulfonamides is 1. The predicted molar refractivity (Wildman–Crippen MR) is 128 cm³/mol. The summed E-state index contributed by atoms with van der Waals surface area (Å²) < 4.78 is 35.2. The molecule has 3 unspecified atom stereocenters. The van der Waals surface area contributed by atoms with Crippen LogP contribution < -0.4 is 4.31 Å². The summed E-state index contributed by atoms with van der Waals surface area (Å²) in [5.41, 5.74) is 3.41. The molecular formula is C26H28N2O4S. The molecule has 2 heterocycles. The van der Waals surface area contributed by atoms with Gasteiger partial charge in [0.2, 0.25) is 0 Å². The van der Waals surface area contributed by atoms with Crippen LogP contribution in [0.25, 0.3) is 0 Å². The van der Waals surface area contributed by atoms with Crippen molar-refractivity contribution >= 4 is 21.8 Å². The van der Waals surface area contributed by atoms with Gasteiger partial charge in [-0.15, -0.1) is 0 Å². The van der Waals surface area contributed by atoms with E-state index in [-0.39, 0.29) is 17.5 Å². The highest BCUT2D eigenvalue weighted by molar-refractivity contribution is 7.93. The molecular weight excluding hydrogens is 436 g/mol. The summed E-state index contributed by atoms with van der Waals surface area (Å²) in [7, 11) is -3.86. The third-order valence-electron chi connectivity index (χ3n) is 7.40. The van der Waals surface area contributed by atoms with Crippen LogP contribution in [0.15, 0.2) is 77.7 Å². The predicted octanol–water partition coefficient (Wildman–Crippen LogP) is 4.56. The summed E-state index contributed by atoms with van der Waals surface area (Å²) >= 11 is 0. The van der Waals surface area contributed by atoms with Gasteiger partial charge in [-0.2, -0.15) is 0 Å². The molecule has 2 aliphatic heterocycles. The van der Waals surface area contributed by atoms with E-state index in [2.05, 4.69) is 19.6 Å². The fraction of sp³-hybridized carbons (Fsp3) is 0.346. The number of nitrogens with zero attached hydrogens (tertiary/aromatic N) is 2. The quantitative estimate of drug-likeness (QED) is 0.623. The SMILES string of the molecule is C=CCOC(=O)N1CCC23C(C)=CCC1C2N(S(=O)(=O)c1ccc(C)cc1)c1ccccc13. The van der Waals surface area contributed by atoms with Gasteiger partial charge in [-0.05, 0) is 50.5 Å². The lowest BCUT2D eigenvalue weighted by Crippen LogP contribution is -2.66. The first-order valence-corrected chi connectivity index (χ1v) is 12.7. The number of ether oxygens (including phenoxy) is 1. The summed E-state index contributed by atoms with van der Waals surface area (Å²) in [5.74, 6) is 0. The number of benzene rings is 2. The molecule has 1 fully saturated rings. The molecule has 1 amide bonds. The van der Waals surface area contributed by atoms with E-state index in [1.165, 1.54) is 6.08 Å². The van der Waals surface area contributed by atoms with E-state index in [4.69, 9.17) is 4.74 Å². The second-order valence-electron chi connectivity index (χ2n) is 9.05. The van der Waals surface area contributed by atoms with Gasteiger partial charge in [0.1, 0.15) is 6.61 Å². The molecule has 0 aromatic heterocycles. The molecule has 1 aliphatic carbocycles. The highest BCUT2D eigenvalue weighted by Crippen LogP contribution is 2.59. The van der Waals surface area contributed by atoms with Crippen LogP contribution in [-0.4, -0.2) is 44.6 Å². The van der Waals surface area contributed by atoms with E-state index in [0.717, 1.165) is 16.7 Å². The Balaban J connectivity index is 1.69. The molecule has 2 bridgehead atoms. The Morgan fingerprint density at radius 2 is 1.91 bits per heavy atom. The van der Waals surface area contributed by atoms with Gasteiger partial charge in [0, 0.05) is 12.0 Å². The Kier molecular flexibility index (Phi) is 5.12. The smallest absolute Gasteiger partial charge is 0.410 e. The van der Waals surface area contributed by atoms with Crippen molar-refractivity contribution in [3.63, 3.8) is 0 Å². The average molecular weight is 465 g/mol. The van der Waals surface area contributed by atoms with E-state index in [0.29, 0.717) is 25.1 Å². The average Bonchev–Trinajstić information content (AvgIpc) is 3.14. The molecule has 172 valence electrons. The Bertz CT molecular complexity index is 1250. The number of fused-ring (bicyclic) bond motifs is 1. The number of carbonyl (C=O) groups is 1. The standard InChI is InChI=1S/C26H28N2O4S/c1-4-17-32-25(29)27-16-15-26-19(3)11-14-23(27)24(26)28(22-8-6-5-7-21(22)26)33(30,31)20-12-9-18(2)10-13-20/h4-13,23-24H,1,14-17H2,2-3H3. The molecule has 1 saturated heterocycles. The summed E-state index contributed by atoms with van der Waals surface area (Å²) in [6, 6.07) is 14.0. The molecule has 7 heteroatoms. The van der Waals surface area contributed by atoms with Gasteiger partial charge in [-0.1, -0.05) is 60.2 Å². The van der Waals surface area contributed by atoms with E-state index in [1.54, 1.807) is 21.3 Å². The highest BCUT2D eigenvalue weighted by Gasteiger charge is 2.63. The lowest BCUT2D eigenvalue weighted by molar-refractivity contribution is 0.0552. The lowest BCUT2D eigenvalue weighted by atomic mass is 9.61. The van der Waals surface area contributed by atoms with E-state index >= 15 is 0 Å².